The fourth-order valence-electron chi connectivity index (χ4n) is 2.17. The van der Waals surface area contributed by atoms with Crippen molar-refractivity contribution in [2.75, 3.05) is 19.4 Å². The summed E-state index contributed by atoms with van der Waals surface area (Å²) in [7, 11) is 3.34. The fraction of sp³-hybridized carbons (Fsp3) is 0.312. The molecule has 0 unspecified atom stereocenters. The lowest BCUT2D eigenvalue weighted by Gasteiger charge is -2.14. The summed E-state index contributed by atoms with van der Waals surface area (Å²) in [5.74, 6) is -0.444. The molecule has 0 saturated heterocycles. The van der Waals surface area contributed by atoms with E-state index in [4.69, 9.17) is 0 Å². The van der Waals surface area contributed by atoms with Crippen LogP contribution in [0.3, 0.4) is 0 Å². The van der Waals surface area contributed by atoms with Crippen LogP contribution in [0.2, 0.25) is 0 Å². The van der Waals surface area contributed by atoms with Crippen molar-refractivity contribution in [3.05, 3.63) is 47.3 Å². The molecule has 0 fully saturated rings. The first kappa shape index (κ1) is 15.8. The van der Waals surface area contributed by atoms with E-state index >= 15 is 0 Å². The maximum atomic E-state index is 12.4. The Labute approximate surface area is 129 Å². The average Bonchev–Trinajstić information content (AvgIpc) is 2.89. The molecule has 22 heavy (non-hydrogen) atoms. The Morgan fingerprint density at radius 2 is 1.95 bits per heavy atom. The van der Waals surface area contributed by atoms with E-state index in [0.29, 0.717) is 23.5 Å². The van der Waals surface area contributed by atoms with Gasteiger partial charge in [-0.3, -0.25) is 14.3 Å². The van der Waals surface area contributed by atoms with Crippen molar-refractivity contribution in [1.29, 1.82) is 0 Å². The Hall–Kier alpha value is -2.63. The van der Waals surface area contributed by atoms with Crippen LogP contribution in [0, 0.1) is 6.92 Å². The highest BCUT2D eigenvalue weighted by Crippen LogP contribution is 2.18. The first-order valence-electron chi connectivity index (χ1n) is 7.10. The largest absolute Gasteiger partial charge is 0.343 e. The molecule has 1 aromatic carbocycles. The number of benzene rings is 1. The maximum Gasteiger partial charge on any atom is 0.273 e. The Morgan fingerprint density at radius 3 is 2.55 bits per heavy atom. The highest BCUT2D eigenvalue weighted by atomic mass is 16.2. The zero-order chi connectivity index (χ0) is 16.3. The number of anilines is 1. The van der Waals surface area contributed by atoms with E-state index in [9.17, 15) is 9.59 Å². The molecule has 6 heteroatoms. The average molecular weight is 300 g/mol. The van der Waals surface area contributed by atoms with Gasteiger partial charge >= 0.3 is 0 Å². The Bertz CT molecular complexity index is 704. The number of carbonyl (C=O) groups excluding carboxylic acids is 2. The molecule has 2 rings (SSSR count). The molecule has 0 spiro atoms. The second kappa shape index (κ2) is 6.43. The summed E-state index contributed by atoms with van der Waals surface area (Å²) in [6.45, 7) is 4.32. The van der Waals surface area contributed by atoms with Gasteiger partial charge in [0.1, 0.15) is 5.69 Å². The third-order valence-corrected chi connectivity index (χ3v) is 3.39. The van der Waals surface area contributed by atoms with E-state index in [-0.39, 0.29) is 11.8 Å². The van der Waals surface area contributed by atoms with Gasteiger partial charge in [-0.15, -0.1) is 0 Å². The Morgan fingerprint density at radius 1 is 1.27 bits per heavy atom. The van der Waals surface area contributed by atoms with Crippen LogP contribution in [-0.4, -0.2) is 40.6 Å². The summed E-state index contributed by atoms with van der Waals surface area (Å²) in [6, 6.07) is 7.31. The molecule has 0 aliphatic rings. The van der Waals surface area contributed by atoms with Gasteiger partial charge in [0.25, 0.3) is 11.8 Å². The number of hydrogen-bond donors (Lipinski definition) is 1. The molecule has 0 radical (unpaired) electrons. The van der Waals surface area contributed by atoms with Crippen LogP contribution in [-0.2, 0) is 6.54 Å². The van der Waals surface area contributed by atoms with Gasteiger partial charge in [-0.05, 0) is 25.5 Å². The summed E-state index contributed by atoms with van der Waals surface area (Å²) >= 11 is 0. The summed E-state index contributed by atoms with van der Waals surface area (Å²) in [5, 5.41) is 6.95. The van der Waals surface area contributed by atoms with E-state index in [2.05, 4.69) is 10.4 Å². The number of rotatable bonds is 4. The SMILES string of the molecule is CCn1ncc(NC(=O)c2ccccc2C)c1C(=O)N(C)C. The Kier molecular flexibility index (Phi) is 4.60. The first-order valence-corrected chi connectivity index (χ1v) is 7.10. The molecule has 2 aromatic rings. The standard InChI is InChI=1S/C16H20N4O2/c1-5-20-14(16(22)19(3)4)13(10-17-20)18-15(21)12-9-7-6-8-11(12)2/h6-10H,5H2,1-4H3,(H,18,21). The van der Waals surface area contributed by atoms with E-state index in [1.807, 2.05) is 32.0 Å². The number of nitrogens with one attached hydrogen (secondary N) is 1. The van der Waals surface area contributed by atoms with Crippen LogP contribution >= 0.6 is 0 Å². The molecule has 1 N–H and O–H groups in total. The fourth-order valence-corrected chi connectivity index (χ4v) is 2.17. The molecule has 1 heterocycles. The van der Waals surface area contributed by atoms with Crippen LogP contribution in [0.15, 0.2) is 30.5 Å². The molecule has 2 amide bonds. The van der Waals surface area contributed by atoms with E-state index < -0.39 is 0 Å². The van der Waals surface area contributed by atoms with Crippen LogP contribution in [0.4, 0.5) is 5.69 Å². The van der Waals surface area contributed by atoms with E-state index in [1.165, 1.54) is 11.1 Å². The first-order chi connectivity index (χ1) is 10.5. The van der Waals surface area contributed by atoms with Gasteiger partial charge in [-0.25, -0.2) is 0 Å². The predicted octanol–water partition coefficient (Wildman–Crippen LogP) is 2.17. The van der Waals surface area contributed by atoms with Gasteiger partial charge in [-0.1, -0.05) is 18.2 Å². The zero-order valence-electron chi connectivity index (χ0n) is 13.3. The second-order valence-electron chi connectivity index (χ2n) is 5.19. The molecule has 6 nitrogen and oxygen atoms in total. The number of hydrogen-bond acceptors (Lipinski definition) is 3. The summed E-state index contributed by atoms with van der Waals surface area (Å²) < 4.78 is 1.58. The van der Waals surface area contributed by atoms with Gasteiger partial charge in [0.15, 0.2) is 0 Å². The van der Waals surface area contributed by atoms with Gasteiger partial charge < -0.3 is 10.2 Å². The Balaban J connectivity index is 2.34. The highest BCUT2D eigenvalue weighted by molar-refractivity contribution is 6.08. The molecule has 1 aromatic heterocycles. The monoisotopic (exact) mass is 300 g/mol. The third-order valence-electron chi connectivity index (χ3n) is 3.39. The topological polar surface area (TPSA) is 67.2 Å². The lowest BCUT2D eigenvalue weighted by atomic mass is 10.1. The maximum absolute atomic E-state index is 12.4. The molecule has 0 bridgehead atoms. The van der Waals surface area contributed by atoms with Crippen molar-refractivity contribution in [3.63, 3.8) is 0 Å². The molecule has 116 valence electrons. The van der Waals surface area contributed by atoms with E-state index in [1.54, 1.807) is 24.8 Å². The van der Waals surface area contributed by atoms with Gasteiger partial charge in [0.2, 0.25) is 0 Å². The van der Waals surface area contributed by atoms with Crippen LogP contribution in [0.25, 0.3) is 0 Å². The van der Waals surface area contributed by atoms with Crippen LogP contribution in [0.1, 0.15) is 33.3 Å². The summed E-state index contributed by atoms with van der Waals surface area (Å²) in [5.41, 5.74) is 2.27. The number of carbonyl (C=O) groups is 2. The number of amides is 2. The molecule has 0 aliphatic heterocycles. The molecule has 0 aliphatic carbocycles. The minimum absolute atomic E-state index is 0.195. The van der Waals surface area contributed by atoms with Crippen molar-refractivity contribution < 1.29 is 9.59 Å². The molecule has 0 saturated carbocycles. The molecular weight excluding hydrogens is 280 g/mol. The molecular formula is C16H20N4O2. The number of aryl methyl sites for hydroxylation is 2. The van der Waals surface area contributed by atoms with Crippen molar-refractivity contribution in [2.45, 2.75) is 20.4 Å². The zero-order valence-corrected chi connectivity index (χ0v) is 13.3. The van der Waals surface area contributed by atoms with E-state index in [0.717, 1.165) is 5.56 Å². The van der Waals surface area contributed by atoms with Crippen molar-refractivity contribution in [3.8, 4) is 0 Å². The summed E-state index contributed by atoms with van der Waals surface area (Å²) in [6.07, 6.45) is 1.51. The second-order valence-corrected chi connectivity index (χ2v) is 5.19. The number of aromatic nitrogens is 2. The minimum atomic E-state index is -0.249. The van der Waals surface area contributed by atoms with Gasteiger partial charge in [0.05, 0.1) is 11.9 Å². The van der Waals surface area contributed by atoms with Gasteiger partial charge in [0, 0.05) is 26.2 Å². The lowest BCUT2D eigenvalue weighted by molar-refractivity contribution is 0.0816. The van der Waals surface area contributed by atoms with Crippen molar-refractivity contribution in [1.82, 2.24) is 14.7 Å². The van der Waals surface area contributed by atoms with Crippen molar-refractivity contribution >= 4 is 17.5 Å². The van der Waals surface area contributed by atoms with Crippen LogP contribution in [0.5, 0.6) is 0 Å². The molecule has 0 atom stereocenters. The van der Waals surface area contributed by atoms with Crippen molar-refractivity contribution in [2.24, 2.45) is 0 Å². The predicted molar refractivity (Wildman–Crippen MR) is 85.1 cm³/mol. The number of nitrogens with zero attached hydrogens (tertiary/aromatic N) is 3. The lowest BCUT2D eigenvalue weighted by Crippen LogP contribution is -2.26. The van der Waals surface area contributed by atoms with Gasteiger partial charge in [-0.2, -0.15) is 5.10 Å². The highest BCUT2D eigenvalue weighted by Gasteiger charge is 2.21. The summed E-state index contributed by atoms with van der Waals surface area (Å²) in [4.78, 5) is 26.2. The minimum Gasteiger partial charge on any atom is -0.343 e. The van der Waals surface area contributed by atoms with Crippen LogP contribution < -0.4 is 5.32 Å². The quantitative estimate of drug-likeness (QED) is 0.941. The normalized spacial score (nSPS) is 10.4. The smallest absolute Gasteiger partial charge is 0.273 e. The third kappa shape index (κ3) is 3.00.